The molecule has 0 N–H and O–H groups in total. The standard InChI is InChI=1S/C53H36N2/c1-53(2)46-30-39(38-17-10-18-41(29-38)52-54-48(33-11-5-3-6-12-33)32-49(55-52)34-13-7-4-8-14-34)23-26-43(46)44-27-24-40(31-47(44)53)42-25-21-37-20-19-35-15-9-16-36-22-28-45(42)51(37)50(35)36/h3-32H,1-2H3. The average Bonchev–Trinajstić information content (AvgIpc) is 3.48. The Kier molecular flexibility index (Phi) is 6.93. The molecule has 0 saturated carbocycles. The molecule has 0 saturated heterocycles. The highest BCUT2D eigenvalue weighted by Crippen LogP contribution is 2.51. The molecule has 0 fully saturated rings. The summed E-state index contributed by atoms with van der Waals surface area (Å²) in [6.07, 6.45) is 0. The summed E-state index contributed by atoms with van der Waals surface area (Å²) in [6, 6.07) is 66.0. The SMILES string of the molecule is CC1(C)c2cc(-c3cccc(-c4nc(-c5ccccc5)cc(-c5ccccc5)n4)c3)ccc2-c2ccc(-c3ccc4ccc5cccc6ccc3c4c56)cc21. The number of aromatic nitrogens is 2. The first-order valence-electron chi connectivity index (χ1n) is 19.1. The molecule has 1 aliphatic carbocycles. The first kappa shape index (κ1) is 31.6. The maximum absolute atomic E-state index is 5.11. The first-order chi connectivity index (χ1) is 27.0. The van der Waals surface area contributed by atoms with Crippen LogP contribution in [0.5, 0.6) is 0 Å². The summed E-state index contributed by atoms with van der Waals surface area (Å²) in [5.74, 6) is 0.718. The zero-order valence-electron chi connectivity index (χ0n) is 30.7. The van der Waals surface area contributed by atoms with Crippen molar-refractivity contribution in [1.29, 1.82) is 0 Å². The summed E-state index contributed by atoms with van der Waals surface area (Å²) in [6.45, 7) is 4.75. The van der Waals surface area contributed by atoms with Gasteiger partial charge in [0.1, 0.15) is 0 Å². The molecule has 0 atom stereocenters. The van der Waals surface area contributed by atoms with Crippen molar-refractivity contribution in [3.8, 4) is 67.3 Å². The molecule has 0 spiro atoms. The monoisotopic (exact) mass is 700 g/mol. The fourth-order valence-corrected chi connectivity index (χ4v) is 9.00. The van der Waals surface area contributed by atoms with Crippen LogP contribution >= 0.6 is 0 Å². The van der Waals surface area contributed by atoms with E-state index in [2.05, 4.69) is 184 Å². The van der Waals surface area contributed by atoms with Gasteiger partial charge in [0.15, 0.2) is 5.82 Å². The Morgan fingerprint density at radius 1 is 0.345 bits per heavy atom. The van der Waals surface area contributed by atoms with Crippen LogP contribution in [-0.2, 0) is 5.41 Å². The number of benzene rings is 9. The van der Waals surface area contributed by atoms with E-state index in [0.29, 0.717) is 0 Å². The number of hydrogen-bond donors (Lipinski definition) is 0. The highest BCUT2D eigenvalue weighted by atomic mass is 14.9. The third kappa shape index (κ3) is 5.02. The van der Waals surface area contributed by atoms with Crippen molar-refractivity contribution in [2.24, 2.45) is 0 Å². The van der Waals surface area contributed by atoms with Gasteiger partial charge < -0.3 is 0 Å². The molecular formula is C53H36N2. The van der Waals surface area contributed by atoms with Crippen molar-refractivity contribution in [3.63, 3.8) is 0 Å². The Balaban J connectivity index is 0.981. The molecule has 0 radical (unpaired) electrons. The normalized spacial score (nSPS) is 13.1. The molecule has 10 aromatic rings. The van der Waals surface area contributed by atoms with Gasteiger partial charge in [-0.25, -0.2) is 9.97 Å². The number of nitrogens with zero attached hydrogens (tertiary/aromatic N) is 2. The quantitative estimate of drug-likeness (QED) is 0.167. The molecule has 258 valence electrons. The van der Waals surface area contributed by atoms with Gasteiger partial charge in [-0.15, -0.1) is 0 Å². The van der Waals surface area contributed by atoms with Crippen LogP contribution < -0.4 is 0 Å². The molecule has 0 unspecified atom stereocenters. The van der Waals surface area contributed by atoms with Gasteiger partial charge in [-0.2, -0.15) is 0 Å². The molecular weight excluding hydrogens is 665 g/mol. The van der Waals surface area contributed by atoms with Crippen LogP contribution in [0.3, 0.4) is 0 Å². The largest absolute Gasteiger partial charge is 0.228 e. The van der Waals surface area contributed by atoms with E-state index in [1.165, 1.54) is 71.3 Å². The minimum Gasteiger partial charge on any atom is -0.228 e. The summed E-state index contributed by atoms with van der Waals surface area (Å²) < 4.78 is 0. The summed E-state index contributed by atoms with van der Waals surface area (Å²) in [5.41, 5.74) is 15.0. The molecule has 0 bridgehead atoms. The van der Waals surface area contributed by atoms with Gasteiger partial charge >= 0.3 is 0 Å². The molecule has 0 amide bonds. The van der Waals surface area contributed by atoms with E-state index in [1.807, 2.05) is 12.1 Å². The second-order valence-electron chi connectivity index (χ2n) is 15.4. The molecule has 11 rings (SSSR count). The van der Waals surface area contributed by atoms with Gasteiger partial charge in [0.25, 0.3) is 0 Å². The number of rotatable bonds is 5. The molecule has 9 aromatic carbocycles. The number of hydrogen-bond acceptors (Lipinski definition) is 2. The van der Waals surface area contributed by atoms with Gasteiger partial charge in [0.05, 0.1) is 11.4 Å². The van der Waals surface area contributed by atoms with Crippen LogP contribution in [0.15, 0.2) is 182 Å². The maximum Gasteiger partial charge on any atom is 0.160 e. The molecule has 1 heterocycles. The fraction of sp³-hybridized carbons (Fsp3) is 0.0566. The van der Waals surface area contributed by atoms with E-state index in [-0.39, 0.29) is 5.41 Å². The predicted octanol–water partition coefficient (Wildman–Crippen LogP) is 14.0. The third-order valence-electron chi connectivity index (χ3n) is 11.8. The van der Waals surface area contributed by atoms with Crippen molar-refractivity contribution < 1.29 is 0 Å². The first-order valence-corrected chi connectivity index (χ1v) is 19.1. The Bertz CT molecular complexity index is 3030. The van der Waals surface area contributed by atoms with E-state index in [4.69, 9.17) is 9.97 Å². The lowest BCUT2D eigenvalue weighted by Crippen LogP contribution is -2.15. The Hall–Kier alpha value is -6.90. The Morgan fingerprint density at radius 2 is 0.836 bits per heavy atom. The van der Waals surface area contributed by atoms with E-state index >= 15 is 0 Å². The smallest absolute Gasteiger partial charge is 0.160 e. The van der Waals surface area contributed by atoms with E-state index in [0.717, 1.165) is 39.5 Å². The lowest BCUT2D eigenvalue weighted by molar-refractivity contribution is 0.661. The second kappa shape index (κ2) is 12.1. The molecule has 55 heavy (non-hydrogen) atoms. The van der Waals surface area contributed by atoms with Gasteiger partial charge in [-0.1, -0.05) is 172 Å². The van der Waals surface area contributed by atoms with Crippen molar-refractivity contribution in [2.45, 2.75) is 19.3 Å². The van der Waals surface area contributed by atoms with Crippen LogP contribution in [0.25, 0.3) is 99.6 Å². The highest BCUT2D eigenvalue weighted by Gasteiger charge is 2.36. The lowest BCUT2D eigenvalue weighted by atomic mass is 9.80. The zero-order valence-corrected chi connectivity index (χ0v) is 30.7. The van der Waals surface area contributed by atoms with Gasteiger partial charge in [-0.3, -0.25) is 0 Å². The van der Waals surface area contributed by atoms with Gasteiger partial charge in [0.2, 0.25) is 0 Å². The highest BCUT2D eigenvalue weighted by molar-refractivity contribution is 6.25. The molecule has 0 aliphatic heterocycles. The molecule has 1 aromatic heterocycles. The Morgan fingerprint density at radius 3 is 1.51 bits per heavy atom. The summed E-state index contributed by atoms with van der Waals surface area (Å²) in [5, 5.41) is 7.91. The van der Waals surface area contributed by atoms with Crippen molar-refractivity contribution >= 4 is 32.3 Å². The van der Waals surface area contributed by atoms with E-state index in [1.54, 1.807) is 0 Å². The lowest BCUT2D eigenvalue weighted by Gasteiger charge is -2.23. The van der Waals surface area contributed by atoms with E-state index in [9.17, 15) is 0 Å². The molecule has 1 aliphatic rings. The van der Waals surface area contributed by atoms with E-state index < -0.39 is 0 Å². The summed E-state index contributed by atoms with van der Waals surface area (Å²) >= 11 is 0. The summed E-state index contributed by atoms with van der Waals surface area (Å²) in [7, 11) is 0. The van der Waals surface area contributed by atoms with Crippen LogP contribution in [0.4, 0.5) is 0 Å². The molecule has 2 heteroatoms. The molecule has 2 nitrogen and oxygen atoms in total. The minimum absolute atomic E-state index is 0.171. The third-order valence-corrected chi connectivity index (χ3v) is 11.8. The van der Waals surface area contributed by atoms with Crippen LogP contribution in [0.2, 0.25) is 0 Å². The topological polar surface area (TPSA) is 25.8 Å². The summed E-state index contributed by atoms with van der Waals surface area (Å²) in [4.78, 5) is 10.2. The van der Waals surface area contributed by atoms with Crippen molar-refractivity contribution in [3.05, 3.63) is 193 Å². The average molecular weight is 701 g/mol. The Labute approximate surface area is 320 Å². The maximum atomic E-state index is 5.11. The zero-order chi connectivity index (χ0) is 36.7. The number of fused-ring (bicyclic) bond motifs is 3. The van der Waals surface area contributed by atoms with Crippen LogP contribution in [0.1, 0.15) is 25.0 Å². The van der Waals surface area contributed by atoms with Crippen molar-refractivity contribution in [2.75, 3.05) is 0 Å². The predicted molar refractivity (Wildman–Crippen MR) is 230 cm³/mol. The second-order valence-corrected chi connectivity index (χ2v) is 15.4. The van der Waals surface area contributed by atoms with Crippen molar-refractivity contribution in [1.82, 2.24) is 9.97 Å². The van der Waals surface area contributed by atoms with Crippen LogP contribution in [0, 0.1) is 0 Å². The van der Waals surface area contributed by atoms with Crippen LogP contribution in [-0.4, -0.2) is 9.97 Å². The van der Waals surface area contributed by atoms with Gasteiger partial charge in [-0.05, 0) is 101 Å². The minimum atomic E-state index is -0.171. The fourth-order valence-electron chi connectivity index (χ4n) is 9.00. The van der Waals surface area contributed by atoms with Gasteiger partial charge in [0, 0.05) is 22.1 Å².